The van der Waals surface area contributed by atoms with E-state index in [-0.39, 0.29) is 41.2 Å². The van der Waals surface area contributed by atoms with Gasteiger partial charge in [0.15, 0.2) is 0 Å². The van der Waals surface area contributed by atoms with E-state index in [2.05, 4.69) is 0 Å². The summed E-state index contributed by atoms with van der Waals surface area (Å²) in [5.41, 5.74) is -0.0577. The molecule has 2 aromatic rings. The zero-order valence-electron chi connectivity index (χ0n) is 21.6. The maximum absolute atomic E-state index is 13.2. The van der Waals surface area contributed by atoms with Crippen molar-refractivity contribution < 1.29 is 19.1 Å². The minimum Gasteiger partial charge on any atom is -0.497 e. The molecular formula is C26H36N4O6. The lowest BCUT2D eigenvalue weighted by Crippen LogP contribution is -2.52. The van der Waals surface area contributed by atoms with Crippen LogP contribution in [0.1, 0.15) is 39.5 Å². The first-order valence-corrected chi connectivity index (χ1v) is 12.7. The molecule has 10 heteroatoms. The first kappa shape index (κ1) is 25.8. The monoisotopic (exact) mass is 500 g/mol. The minimum atomic E-state index is -0.329. The highest BCUT2D eigenvalue weighted by Gasteiger charge is 2.32. The van der Waals surface area contributed by atoms with Gasteiger partial charge in [-0.1, -0.05) is 0 Å². The molecule has 1 aromatic heterocycles. The molecule has 1 aliphatic carbocycles. The van der Waals surface area contributed by atoms with Gasteiger partial charge >= 0.3 is 11.8 Å². The van der Waals surface area contributed by atoms with Crippen LogP contribution < -0.4 is 16.0 Å². The molecule has 0 unspecified atom stereocenters. The largest absolute Gasteiger partial charge is 0.497 e. The standard InChI is InChI=1S/C26H36N4O6/c1-17(2)36-26(34)29-13-11-28(12-14-29)23(31)19-7-5-18(6-8-19)16-30-24(32)21-15-20(35-4)9-10-22(21)27(3)25(30)33/h9-10,15,17-19H,5-8,11-14,16H2,1-4H3. The number of carbonyl (C=O) groups excluding carboxylic acids is 2. The number of methoxy groups -OCH3 is 1. The third-order valence-electron chi connectivity index (χ3n) is 7.38. The number of piperazine rings is 1. The second-order valence-corrected chi connectivity index (χ2v) is 10.1. The summed E-state index contributed by atoms with van der Waals surface area (Å²) in [5, 5.41) is 0.455. The molecule has 0 N–H and O–H groups in total. The van der Waals surface area contributed by atoms with E-state index in [1.807, 2.05) is 18.7 Å². The molecule has 196 valence electrons. The predicted octanol–water partition coefficient (Wildman–Crippen LogP) is 2.20. The fourth-order valence-electron chi connectivity index (χ4n) is 5.28. The molecule has 2 fully saturated rings. The molecule has 0 radical (unpaired) electrons. The van der Waals surface area contributed by atoms with Crippen LogP contribution in [0.5, 0.6) is 5.75 Å². The number of carbonyl (C=O) groups is 2. The van der Waals surface area contributed by atoms with Gasteiger partial charge in [0.1, 0.15) is 5.75 Å². The number of benzene rings is 1. The molecule has 4 rings (SSSR count). The lowest BCUT2D eigenvalue weighted by Gasteiger charge is -2.37. The van der Waals surface area contributed by atoms with Gasteiger partial charge in [-0.05, 0) is 63.6 Å². The van der Waals surface area contributed by atoms with E-state index in [0.717, 1.165) is 25.7 Å². The summed E-state index contributed by atoms with van der Waals surface area (Å²) in [4.78, 5) is 54.8. The van der Waals surface area contributed by atoms with E-state index < -0.39 is 0 Å². The molecule has 1 saturated carbocycles. The zero-order valence-corrected chi connectivity index (χ0v) is 21.6. The maximum Gasteiger partial charge on any atom is 0.410 e. The molecule has 36 heavy (non-hydrogen) atoms. The van der Waals surface area contributed by atoms with E-state index >= 15 is 0 Å². The Bertz CT molecular complexity index is 1230. The summed E-state index contributed by atoms with van der Waals surface area (Å²) in [5.74, 6) is 0.804. The lowest BCUT2D eigenvalue weighted by atomic mass is 9.81. The average molecular weight is 501 g/mol. The summed E-state index contributed by atoms with van der Waals surface area (Å²) in [7, 11) is 3.22. The van der Waals surface area contributed by atoms with Crippen molar-refractivity contribution in [3.05, 3.63) is 39.0 Å². The smallest absolute Gasteiger partial charge is 0.410 e. The number of aryl methyl sites for hydroxylation is 1. The predicted molar refractivity (Wildman–Crippen MR) is 135 cm³/mol. The third-order valence-corrected chi connectivity index (χ3v) is 7.38. The number of aromatic nitrogens is 2. The van der Waals surface area contributed by atoms with Crippen molar-refractivity contribution in [1.82, 2.24) is 18.9 Å². The van der Waals surface area contributed by atoms with Gasteiger partial charge < -0.3 is 19.3 Å². The maximum atomic E-state index is 13.2. The van der Waals surface area contributed by atoms with Crippen molar-refractivity contribution in [2.75, 3.05) is 33.3 Å². The SMILES string of the molecule is COc1ccc2c(c1)c(=O)n(CC1CCC(C(=O)N3CCN(C(=O)OC(C)C)CC3)CC1)c(=O)n2C. The number of ether oxygens (including phenoxy) is 2. The van der Waals surface area contributed by atoms with Crippen LogP contribution in [0, 0.1) is 11.8 Å². The number of rotatable bonds is 5. The Morgan fingerprint density at radius 3 is 2.25 bits per heavy atom. The number of hydrogen-bond acceptors (Lipinski definition) is 6. The number of nitrogens with zero attached hydrogens (tertiary/aromatic N) is 4. The summed E-state index contributed by atoms with van der Waals surface area (Å²) in [6.45, 7) is 5.96. The second-order valence-electron chi connectivity index (χ2n) is 10.1. The molecule has 0 bridgehead atoms. The van der Waals surface area contributed by atoms with Crippen molar-refractivity contribution in [3.63, 3.8) is 0 Å². The molecule has 1 saturated heterocycles. The van der Waals surface area contributed by atoms with E-state index in [9.17, 15) is 19.2 Å². The fraction of sp³-hybridized carbons (Fsp3) is 0.615. The topological polar surface area (TPSA) is 103 Å². The molecule has 1 aliphatic heterocycles. The molecule has 0 atom stereocenters. The van der Waals surface area contributed by atoms with Crippen molar-refractivity contribution in [1.29, 1.82) is 0 Å². The van der Waals surface area contributed by atoms with Crippen molar-refractivity contribution in [3.8, 4) is 5.75 Å². The summed E-state index contributed by atoms with van der Waals surface area (Å²) in [6.07, 6.45) is 2.53. The van der Waals surface area contributed by atoms with Crippen LogP contribution in [-0.2, 0) is 23.1 Å². The van der Waals surface area contributed by atoms with Crippen LogP contribution in [0.15, 0.2) is 27.8 Å². The number of hydrogen-bond donors (Lipinski definition) is 0. The Labute approximate surface area is 210 Å². The highest BCUT2D eigenvalue weighted by atomic mass is 16.6. The van der Waals surface area contributed by atoms with Gasteiger partial charge in [-0.25, -0.2) is 9.59 Å². The Morgan fingerprint density at radius 1 is 1.00 bits per heavy atom. The Balaban J connectivity index is 1.36. The summed E-state index contributed by atoms with van der Waals surface area (Å²) < 4.78 is 13.3. The fourth-order valence-corrected chi connectivity index (χ4v) is 5.28. The summed E-state index contributed by atoms with van der Waals surface area (Å²) in [6, 6.07) is 5.14. The normalized spacial score (nSPS) is 20.6. The first-order valence-electron chi connectivity index (χ1n) is 12.7. The van der Waals surface area contributed by atoms with E-state index in [1.54, 1.807) is 37.3 Å². The molecular weight excluding hydrogens is 464 g/mol. The Hall–Kier alpha value is -3.30. The number of amides is 2. The van der Waals surface area contributed by atoms with E-state index in [0.29, 0.717) is 49.4 Å². The summed E-state index contributed by atoms with van der Waals surface area (Å²) >= 11 is 0. The van der Waals surface area contributed by atoms with Gasteiger partial charge in [-0.2, -0.15) is 0 Å². The van der Waals surface area contributed by atoms with E-state index in [4.69, 9.17) is 9.47 Å². The van der Waals surface area contributed by atoms with Crippen LogP contribution in [0.2, 0.25) is 0 Å². The van der Waals surface area contributed by atoms with Crippen LogP contribution in [-0.4, -0.2) is 70.3 Å². The minimum absolute atomic E-state index is 0.0594. The van der Waals surface area contributed by atoms with Crippen molar-refractivity contribution >= 4 is 22.9 Å². The Kier molecular flexibility index (Phi) is 7.70. The van der Waals surface area contributed by atoms with Crippen molar-refractivity contribution in [2.24, 2.45) is 18.9 Å². The van der Waals surface area contributed by atoms with Gasteiger partial charge in [-0.3, -0.25) is 18.7 Å². The van der Waals surface area contributed by atoms with Gasteiger partial charge in [-0.15, -0.1) is 0 Å². The molecule has 2 aliphatic rings. The zero-order chi connectivity index (χ0) is 26.0. The quantitative estimate of drug-likeness (QED) is 0.624. The van der Waals surface area contributed by atoms with Crippen LogP contribution in [0.25, 0.3) is 10.9 Å². The van der Waals surface area contributed by atoms with E-state index in [1.165, 1.54) is 9.13 Å². The number of fused-ring (bicyclic) bond motifs is 1. The van der Waals surface area contributed by atoms with Crippen LogP contribution >= 0.6 is 0 Å². The van der Waals surface area contributed by atoms with Gasteiger partial charge in [0, 0.05) is 45.7 Å². The van der Waals surface area contributed by atoms with Gasteiger partial charge in [0.05, 0.1) is 24.1 Å². The van der Waals surface area contributed by atoms with Crippen molar-refractivity contribution in [2.45, 2.75) is 52.2 Å². The molecule has 2 heterocycles. The highest BCUT2D eigenvalue weighted by Crippen LogP contribution is 2.31. The Morgan fingerprint density at radius 2 is 1.64 bits per heavy atom. The first-order chi connectivity index (χ1) is 17.2. The van der Waals surface area contributed by atoms with Gasteiger partial charge in [0.25, 0.3) is 5.56 Å². The molecule has 10 nitrogen and oxygen atoms in total. The average Bonchev–Trinajstić information content (AvgIpc) is 2.89. The van der Waals surface area contributed by atoms with Crippen LogP contribution in [0.4, 0.5) is 4.79 Å². The molecule has 1 aromatic carbocycles. The molecule has 0 spiro atoms. The van der Waals surface area contributed by atoms with Crippen LogP contribution in [0.3, 0.4) is 0 Å². The molecule has 2 amide bonds. The third kappa shape index (κ3) is 5.27. The lowest BCUT2D eigenvalue weighted by molar-refractivity contribution is -0.138. The van der Waals surface area contributed by atoms with Gasteiger partial charge in [0.2, 0.25) is 5.91 Å². The highest BCUT2D eigenvalue weighted by molar-refractivity contribution is 5.80. The second kappa shape index (κ2) is 10.8.